The molecule has 0 aliphatic rings. The second-order valence-corrected chi connectivity index (χ2v) is 2.72. The molecule has 1 atom stereocenters. The predicted molar refractivity (Wildman–Crippen MR) is 39.8 cm³/mol. The lowest BCUT2D eigenvalue weighted by Crippen LogP contribution is -2.25. The molecule has 0 saturated carbocycles. The van der Waals surface area contributed by atoms with Gasteiger partial charge in [0.25, 0.3) is 0 Å². The maximum Gasteiger partial charge on any atom is 0.389 e. The van der Waals surface area contributed by atoms with Gasteiger partial charge >= 0.3 is 6.18 Å². The molecule has 0 bridgehead atoms. The van der Waals surface area contributed by atoms with Crippen LogP contribution in [0, 0.1) is 0 Å². The smallest absolute Gasteiger partial charge is 0.383 e. The van der Waals surface area contributed by atoms with Gasteiger partial charge in [0.05, 0.1) is 6.61 Å². The number of rotatable bonds is 5. The zero-order valence-corrected chi connectivity index (χ0v) is 7.03. The molecule has 0 radical (unpaired) electrons. The maximum atomic E-state index is 11.6. The molecule has 1 unspecified atom stereocenters. The average Bonchev–Trinajstić information content (AvgIpc) is 1.84. The lowest BCUT2D eigenvalue weighted by atomic mass is 10.1. The summed E-state index contributed by atoms with van der Waals surface area (Å²) < 4.78 is 39.5. The molecule has 0 spiro atoms. The Balaban J connectivity index is 3.31. The van der Waals surface area contributed by atoms with E-state index in [1.54, 1.807) is 0 Å². The third kappa shape index (κ3) is 7.81. The third-order valence-electron chi connectivity index (χ3n) is 1.42. The van der Waals surface area contributed by atoms with Crippen LogP contribution in [0.15, 0.2) is 0 Å². The van der Waals surface area contributed by atoms with Crippen LogP contribution in [0.1, 0.15) is 19.3 Å². The lowest BCUT2D eigenvalue weighted by molar-refractivity contribution is -0.135. The molecule has 5 heteroatoms. The van der Waals surface area contributed by atoms with Crippen molar-refractivity contribution in [2.24, 2.45) is 5.73 Å². The van der Waals surface area contributed by atoms with E-state index in [4.69, 9.17) is 5.73 Å². The third-order valence-corrected chi connectivity index (χ3v) is 1.42. The second-order valence-electron chi connectivity index (χ2n) is 2.72. The fourth-order valence-corrected chi connectivity index (χ4v) is 0.862. The highest BCUT2D eigenvalue weighted by Crippen LogP contribution is 2.22. The van der Waals surface area contributed by atoms with Crippen molar-refractivity contribution in [1.82, 2.24) is 0 Å². The highest BCUT2D eigenvalue weighted by Gasteiger charge is 2.26. The first-order chi connectivity index (χ1) is 5.45. The number of hydrogen-bond donors (Lipinski definition) is 1. The van der Waals surface area contributed by atoms with Gasteiger partial charge in [-0.15, -0.1) is 0 Å². The summed E-state index contributed by atoms with van der Waals surface area (Å²) in [5, 5.41) is 0. The number of nitrogens with two attached hydrogens (primary N) is 1. The van der Waals surface area contributed by atoms with Crippen LogP contribution in [0.4, 0.5) is 13.2 Å². The van der Waals surface area contributed by atoms with E-state index in [2.05, 4.69) is 4.74 Å². The molecule has 0 fully saturated rings. The Hall–Kier alpha value is -0.290. The van der Waals surface area contributed by atoms with Gasteiger partial charge in [-0.05, 0) is 12.8 Å². The molecular weight excluding hydrogens is 171 g/mol. The van der Waals surface area contributed by atoms with Crippen LogP contribution >= 0.6 is 0 Å². The summed E-state index contributed by atoms with van der Waals surface area (Å²) in [4.78, 5) is 0. The zero-order chi connectivity index (χ0) is 9.61. The predicted octanol–water partition coefficient (Wildman–Crippen LogP) is 1.69. The molecule has 12 heavy (non-hydrogen) atoms. The number of ether oxygens (including phenoxy) is 1. The molecule has 0 aromatic carbocycles. The van der Waals surface area contributed by atoms with Gasteiger partial charge in [0.2, 0.25) is 0 Å². The highest BCUT2D eigenvalue weighted by atomic mass is 19.4. The highest BCUT2D eigenvalue weighted by molar-refractivity contribution is 4.61. The standard InChI is InChI=1S/C7H14F3NO/c1-12-5-6(11)3-2-4-7(8,9)10/h6H,2-5,11H2,1H3. The van der Waals surface area contributed by atoms with E-state index >= 15 is 0 Å². The van der Waals surface area contributed by atoms with E-state index in [0.29, 0.717) is 13.0 Å². The summed E-state index contributed by atoms with van der Waals surface area (Å²) in [5.74, 6) is 0. The minimum absolute atomic E-state index is 0.0774. The Labute approximate surface area is 69.9 Å². The molecule has 0 aliphatic heterocycles. The quantitative estimate of drug-likeness (QED) is 0.707. The van der Waals surface area contributed by atoms with Crippen molar-refractivity contribution in [1.29, 1.82) is 0 Å². The van der Waals surface area contributed by atoms with E-state index in [1.165, 1.54) is 7.11 Å². The van der Waals surface area contributed by atoms with Crippen LogP contribution < -0.4 is 5.73 Å². The molecule has 0 amide bonds. The van der Waals surface area contributed by atoms with Gasteiger partial charge in [-0.3, -0.25) is 0 Å². The SMILES string of the molecule is COCC(N)CCCC(F)(F)F. The summed E-state index contributed by atoms with van der Waals surface area (Å²) in [6.07, 6.45) is -4.39. The topological polar surface area (TPSA) is 35.2 Å². The average molecular weight is 185 g/mol. The van der Waals surface area contributed by atoms with Gasteiger partial charge in [-0.25, -0.2) is 0 Å². The number of halogens is 3. The number of methoxy groups -OCH3 is 1. The Morgan fingerprint density at radius 3 is 2.42 bits per heavy atom. The van der Waals surface area contributed by atoms with E-state index < -0.39 is 12.6 Å². The van der Waals surface area contributed by atoms with Crippen molar-refractivity contribution >= 4 is 0 Å². The van der Waals surface area contributed by atoms with Gasteiger partial charge in [0.1, 0.15) is 0 Å². The second kappa shape index (κ2) is 5.37. The minimum Gasteiger partial charge on any atom is -0.383 e. The normalized spacial score (nSPS) is 14.8. The molecule has 0 saturated heterocycles. The molecule has 0 rings (SSSR count). The molecule has 2 nitrogen and oxygen atoms in total. The molecular formula is C7H14F3NO. The van der Waals surface area contributed by atoms with Crippen LogP contribution in [0.3, 0.4) is 0 Å². The van der Waals surface area contributed by atoms with Crippen molar-refractivity contribution in [2.75, 3.05) is 13.7 Å². The summed E-state index contributed by atoms with van der Waals surface area (Å²) in [6, 6.07) is -0.280. The van der Waals surface area contributed by atoms with E-state index in [9.17, 15) is 13.2 Å². The first-order valence-electron chi connectivity index (χ1n) is 3.77. The molecule has 0 aromatic heterocycles. The van der Waals surface area contributed by atoms with Gasteiger partial charge in [0.15, 0.2) is 0 Å². The minimum atomic E-state index is -4.06. The number of hydrogen-bond acceptors (Lipinski definition) is 2. The van der Waals surface area contributed by atoms with Crippen LogP contribution in [0.2, 0.25) is 0 Å². The van der Waals surface area contributed by atoms with Crippen molar-refractivity contribution < 1.29 is 17.9 Å². The Kier molecular flexibility index (Phi) is 5.24. The fraction of sp³-hybridized carbons (Fsp3) is 1.00. The summed E-state index contributed by atoms with van der Waals surface area (Å²) in [6.45, 7) is 0.317. The molecule has 0 aromatic rings. The van der Waals surface area contributed by atoms with Crippen LogP contribution in [0.25, 0.3) is 0 Å². The first-order valence-corrected chi connectivity index (χ1v) is 3.77. The Morgan fingerprint density at radius 1 is 1.42 bits per heavy atom. The zero-order valence-electron chi connectivity index (χ0n) is 7.03. The largest absolute Gasteiger partial charge is 0.389 e. The summed E-state index contributed by atoms with van der Waals surface area (Å²) in [5.41, 5.74) is 5.42. The Bertz CT molecular complexity index is 116. The van der Waals surface area contributed by atoms with Crippen molar-refractivity contribution in [3.05, 3.63) is 0 Å². The molecule has 0 aliphatic carbocycles. The molecule has 2 N–H and O–H groups in total. The first kappa shape index (κ1) is 11.7. The Morgan fingerprint density at radius 2 is 2.00 bits per heavy atom. The molecule has 0 heterocycles. The van der Waals surface area contributed by atoms with E-state index in [0.717, 1.165) is 0 Å². The van der Waals surface area contributed by atoms with E-state index in [-0.39, 0.29) is 12.5 Å². The van der Waals surface area contributed by atoms with Gasteiger partial charge in [0, 0.05) is 19.6 Å². The van der Waals surface area contributed by atoms with Gasteiger partial charge in [-0.2, -0.15) is 13.2 Å². The fourth-order valence-electron chi connectivity index (χ4n) is 0.862. The van der Waals surface area contributed by atoms with Crippen molar-refractivity contribution in [2.45, 2.75) is 31.5 Å². The van der Waals surface area contributed by atoms with Crippen LogP contribution in [-0.4, -0.2) is 25.9 Å². The van der Waals surface area contributed by atoms with Crippen LogP contribution in [0.5, 0.6) is 0 Å². The summed E-state index contributed by atoms with van der Waals surface area (Å²) in [7, 11) is 1.48. The number of alkyl halides is 3. The maximum absolute atomic E-state index is 11.6. The van der Waals surface area contributed by atoms with E-state index in [1.807, 2.05) is 0 Å². The van der Waals surface area contributed by atoms with Gasteiger partial charge in [-0.1, -0.05) is 0 Å². The van der Waals surface area contributed by atoms with Gasteiger partial charge < -0.3 is 10.5 Å². The van der Waals surface area contributed by atoms with Crippen molar-refractivity contribution in [3.8, 4) is 0 Å². The van der Waals surface area contributed by atoms with Crippen molar-refractivity contribution in [3.63, 3.8) is 0 Å². The monoisotopic (exact) mass is 185 g/mol. The van der Waals surface area contributed by atoms with Crippen LogP contribution in [-0.2, 0) is 4.74 Å². The lowest BCUT2D eigenvalue weighted by Gasteiger charge is -2.10. The molecule has 74 valence electrons. The summed E-state index contributed by atoms with van der Waals surface area (Å²) >= 11 is 0.